The summed E-state index contributed by atoms with van der Waals surface area (Å²) in [4.78, 5) is 42.5. The number of carbonyl (C=O) groups is 3. The molecule has 0 fully saturated rings. The molecule has 0 aliphatic heterocycles. The number of nitrogens with zero attached hydrogens (tertiary/aromatic N) is 1. The van der Waals surface area contributed by atoms with Crippen molar-refractivity contribution in [2.75, 3.05) is 19.0 Å². The van der Waals surface area contributed by atoms with E-state index in [-0.39, 0.29) is 17.7 Å². The van der Waals surface area contributed by atoms with Crippen molar-refractivity contribution in [3.05, 3.63) is 59.7 Å². The molecule has 0 spiro atoms. The van der Waals surface area contributed by atoms with Crippen LogP contribution in [0.25, 0.3) is 0 Å². The van der Waals surface area contributed by atoms with E-state index in [0.717, 1.165) is 17.5 Å². The number of benzene rings is 2. The Bertz CT molecular complexity index is 1090. The summed E-state index contributed by atoms with van der Waals surface area (Å²) in [5.41, 5.74) is 1.50. The molecule has 2 unspecified atom stereocenters. The van der Waals surface area contributed by atoms with Crippen LogP contribution in [0.15, 0.2) is 48.5 Å². The lowest BCUT2D eigenvalue weighted by Gasteiger charge is -2.35. The van der Waals surface area contributed by atoms with Gasteiger partial charge in [-0.3, -0.25) is 9.59 Å². The number of carbonyl (C=O) groups excluding carboxylic acids is 3. The molecule has 8 heteroatoms. The number of amides is 3. The number of hydrogen-bond acceptors (Lipinski definition) is 5. The van der Waals surface area contributed by atoms with Crippen molar-refractivity contribution >= 4 is 23.6 Å². The van der Waals surface area contributed by atoms with Gasteiger partial charge in [0.15, 0.2) is 0 Å². The Hall–Kier alpha value is -3.55. The van der Waals surface area contributed by atoms with E-state index in [1.165, 1.54) is 0 Å². The average molecular weight is 540 g/mol. The smallest absolute Gasteiger partial charge is 0.408 e. The van der Waals surface area contributed by atoms with Gasteiger partial charge in [-0.2, -0.15) is 0 Å². The van der Waals surface area contributed by atoms with Crippen LogP contribution in [-0.2, 0) is 14.3 Å². The van der Waals surface area contributed by atoms with E-state index in [9.17, 15) is 14.4 Å². The van der Waals surface area contributed by atoms with Gasteiger partial charge in [0.2, 0.25) is 5.91 Å². The number of alkyl carbamates (subject to hydrolysis) is 1. The first-order chi connectivity index (χ1) is 18.4. The van der Waals surface area contributed by atoms with Crippen molar-refractivity contribution in [2.45, 2.75) is 85.4 Å². The topological polar surface area (TPSA) is 97.0 Å². The highest BCUT2D eigenvalue weighted by Gasteiger charge is 2.37. The Morgan fingerprint density at radius 3 is 2.18 bits per heavy atom. The van der Waals surface area contributed by atoms with Crippen molar-refractivity contribution in [1.29, 1.82) is 0 Å². The third-order valence-electron chi connectivity index (χ3n) is 6.13. The van der Waals surface area contributed by atoms with Gasteiger partial charge in [0, 0.05) is 12.2 Å². The zero-order valence-corrected chi connectivity index (χ0v) is 24.7. The van der Waals surface area contributed by atoms with Crippen LogP contribution in [0.3, 0.4) is 0 Å². The summed E-state index contributed by atoms with van der Waals surface area (Å²) in [5.74, 6) is 0.139. The highest BCUT2D eigenvalue weighted by atomic mass is 16.6. The summed E-state index contributed by atoms with van der Waals surface area (Å²) < 4.78 is 10.7. The molecule has 2 N–H and O–H groups in total. The number of anilines is 1. The molecule has 0 aromatic heterocycles. The van der Waals surface area contributed by atoms with Gasteiger partial charge in [0.25, 0.3) is 5.91 Å². The van der Waals surface area contributed by atoms with Gasteiger partial charge in [-0.15, -0.1) is 0 Å². The summed E-state index contributed by atoms with van der Waals surface area (Å²) in [7, 11) is 1.58. The third kappa shape index (κ3) is 9.93. The van der Waals surface area contributed by atoms with Crippen LogP contribution in [0.1, 0.15) is 78.0 Å². The summed E-state index contributed by atoms with van der Waals surface area (Å²) in [6.07, 6.45) is 1.28. The fourth-order valence-corrected chi connectivity index (χ4v) is 4.27. The molecule has 0 bridgehead atoms. The van der Waals surface area contributed by atoms with Crippen LogP contribution in [0.4, 0.5) is 10.5 Å². The molecule has 2 aromatic rings. The Balaban J connectivity index is 2.52. The monoisotopic (exact) mass is 539 g/mol. The number of hydrogen-bond donors (Lipinski definition) is 2. The molecule has 2 aromatic carbocycles. The number of unbranched alkanes of at least 4 members (excludes halogenated alkanes) is 1. The van der Waals surface area contributed by atoms with Gasteiger partial charge >= 0.3 is 6.09 Å². The average Bonchev–Trinajstić information content (AvgIpc) is 2.85. The minimum absolute atomic E-state index is 0.118. The highest BCUT2D eigenvalue weighted by Crippen LogP contribution is 2.28. The van der Waals surface area contributed by atoms with E-state index in [1.807, 2.05) is 52.0 Å². The summed E-state index contributed by atoms with van der Waals surface area (Å²) in [6.45, 7) is 13.6. The van der Waals surface area contributed by atoms with Crippen molar-refractivity contribution < 1.29 is 23.9 Å². The zero-order valence-electron chi connectivity index (χ0n) is 24.7. The summed E-state index contributed by atoms with van der Waals surface area (Å²) >= 11 is 0. The normalized spacial score (nSPS) is 12.8. The van der Waals surface area contributed by atoms with Gasteiger partial charge in [-0.1, -0.05) is 51.5 Å². The summed E-state index contributed by atoms with van der Waals surface area (Å²) in [5, 5.41) is 5.77. The quantitative estimate of drug-likeness (QED) is 0.332. The van der Waals surface area contributed by atoms with Crippen LogP contribution >= 0.6 is 0 Å². The first-order valence-electron chi connectivity index (χ1n) is 13.7. The Morgan fingerprint density at radius 1 is 1.00 bits per heavy atom. The molecule has 0 saturated carbocycles. The summed E-state index contributed by atoms with van der Waals surface area (Å²) in [6, 6.07) is 12.9. The molecule has 39 heavy (non-hydrogen) atoms. The molecule has 2 rings (SSSR count). The third-order valence-corrected chi connectivity index (χ3v) is 6.13. The molecule has 3 amide bonds. The second-order valence-corrected chi connectivity index (χ2v) is 11.2. The maximum Gasteiger partial charge on any atom is 0.408 e. The maximum atomic E-state index is 14.2. The Kier molecular flexibility index (Phi) is 11.8. The van der Waals surface area contributed by atoms with E-state index in [1.54, 1.807) is 57.0 Å². The van der Waals surface area contributed by atoms with Crippen LogP contribution in [0.5, 0.6) is 5.75 Å². The lowest BCUT2D eigenvalue weighted by molar-refractivity contribution is -0.141. The number of nitrogens with one attached hydrogen (secondary N) is 2. The van der Waals surface area contributed by atoms with Gasteiger partial charge in [0.1, 0.15) is 23.4 Å². The SMILES string of the molecule is CCCCN(C(=O)C(CC(C)C)NC(=O)OC(C)(C)C)C(C(=O)Nc1ccc(OC)cc1)c1ccccc1C. The molecule has 0 radical (unpaired) electrons. The molecule has 0 saturated heterocycles. The van der Waals surface area contributed by atoms with Crippen LogP contribution in [0.2, 0.25) is 0 Å². The lowest BCUT2D eigenvalue weighted by atomic mass is 9.96. The van der Waals surface area contributed by atoms with Crippen LogP contribution < -0.4 is 15.4 Å². The van der Waals surface area contributed by atoms with Crippen LogP contribution in [-0.4, -0.2) is 48.1 Å². The second kappa shape index (κ2) is 14.6. The van der Waals surface area contributed by atoms with Gasteiger partial charge in [-0.05, 0) is 81.8 Å². The van der Waals surface area contributed by atoms with Crippen molar-refractivity contribution in [3.63, 3.8) is 0 Å². The van der Waals surface area contributed by atoms with Crippen molar-refractivity contribution in [2.24, 2.45) is 5.92 Å². The number of aryl methyl sites for hydroxylation is 1. The second-order valence-electron chi connectivity index (χ2n) is 11.2. The molecule has 0 heterocycles. The molecular formula is C31H45N3O5. The standard InChI is InChI=1S/C31H45N3O5/c1-9-10-19-34(29(36)26(20-21(2)3)33-30(37)39-31(5,6)7)27(25-14-12-11-13-22(25)4)28(35)32-23-15-17-24(38-8)18-16-23/h11-18,21,26-27H,9-10,19-20H2,1-8H3,(H,32,35)(H,33,37). The predicted molar refractivity (Wildman–Crippen MR) is 155 cm³/mol. The number of methoxy groups -OCH3 is 1. The van der Waals surface area contributed by atoms with E-state index >= 15 is 0 Å². The largest absolute Gasteiger partial charge is 0.497 e. The first kappa shape index (κ1) is 31.7. The highest BCUT2D eigenvalue weighted by molar-refractivity contribution is 5.99. The van der Waals surface area contributed by atoms with E-state index in [2.05, 4.69) is 10.6 Å². The van der Waals surface area contributed by atoms with Crippen LogP contribution in [0, 0.1) is 12.8 Å². The van der Waals surface area contributed by atoms with Gasteiger partial charge < -0.3 is 25.0 Å². The van der Waals surface area contributed by atoms with Crippen molar-refractivity contribution in [3.8, 4) is 5.75 Å². The number of rotatable bonds is 12. The van der Waals surface area contributed by atoms with Gasteiger partial charge in [0.05, 0.1) is 7.11 Å². The maximum absolute atomic E-state index is 14.2. The molecule has 0 aliphatic rings. The fourth-order valence-electron chi connectivity index (χ4n) is 4.27. The molecule has 8 nitrogen and oxygen atoms in total. The minimum atomic E-state index is -0.901. The van der Waals surface area contributed by atoms with E-state index < -0.39 is 23.8 Å². The Labute approximate surface area is 233 Å². The molecule has 2 atom stereocenters. The van der Waals surface area contributed by atoms with E-state index in [0.29, 0.717) is 30.8 Å². The first-order valence-corrected chi connectivity index (χ1v) is 13.7. The number of ether oxygens (including phenoxy) is 2. The predicted octanol–water partition coefficient (Wildman–Crippen LogP) is 6.25. The fraction of sp³-hybridized carbons (Fsp3) is 0.516. The minimum Gasteiger partial charge on any atom is -0.497 e. The van der Waals surface area contributed by atoms with Gasteiger partial charge in [-0.25, -0.2) is 4.79 Å². The molecule has 0 aliphatic carbocycles. The molecule has 214 valence electrons. The zero-order chi connectivity index (χ0) is 29.2. The van der Waals surface area contributed by atoms with Crippen molar-refractivity contribution in [1.82, 2.24) is 10.2 Å². The Morgan fingerprint density at radius 2 is 1.64 bits per heavy atom. The lowest BCUT2D eigenvalue weighted by Crippen LogP contribution is -2.53. The molecular weight excluding hydrogens is 494 g/mol. The van der Waals surface area contributed by atoms with E-state index in [4.69, 9.17) is 9.47 Å².